The molecule has 1 saturated carbocycles. The first-order valence-electron chi connectivity index (χ1n) is 3.56. The van der Waals surface area contributed by atoms with E-state index < -0.39 is 17.4 Å². The average Bonchev–Trinajstić information content (AvgIpc) is 2.34. The van der Waals surface area contributed by atoms with E-state index in [-0.39, 0.29) is 30.2 Å². The van der Waals surface area contributed by atoms with E-state index in [1.54, 1.807) is 0 Å². The maximum Gasteiger partial charge on any atom is 0.321 e. The highest BCUT2D eigenvalue weighted by Crippen LogP contribution is 2.38. The molecule has 12 heavy (non-hydrogen) atoms. The van der Waals surface area contributed by atoms with Gasteiger partial charge < -0.3 is 10.2 Å². The molecule has 1 aliphatic carbocycles. The lowest BCUT2D eigenvalue weighted by Crippen LogP contribution is -2.36. The summed E-state index contributed by atoms with van der Waals surface area (Å²) in [5.41, 5.74) is -1.47. The number of carboxylic acids is 2. The zero-order valence-corrected chi connectivity index (χ0v) is 6.04. The van der Waals surface area contributed by atoms with Gasteiger partial charge in [0.05, 0.1) is 0 Å². The Morgan fingerprint density at radius 2 is 1.33 bits per heavy atom. The van der Waals surface area contributed by atoms with Crippen molar-refractivity contribution in [2.24, 2.45) is 5.41 Å². The first-order valence-corrected chi connectivity index (χ1v) is 3.56. The molecule has 0 amide bonds. The Bertz CT molecular complexity index is 180. The molecular weight excluding hydrogens is 175 g/mol. The minimum absolute atomic E-state index is 0. The zero-order chi connectivity index (χ0) is 8.48. The van der Waals surface area contributed by atoms with Crippen LogP contribution in [0.4, 0.5) is 0 Å². The third kappa shape index (κ3) is 1.62. The van der Waals surface area contributed by atoms with Gasteiger partial charge >= 0.3 is 11.9 Å². The van der Waals surface area contributed by atoms with Gasteiger partial charge in [0.1, 0.15) is 0 Å². The van der Waals surface area contributed by atoms with Crippen LogP contribution in [-0.2, 0) is 9.59 Å². The van der Waals surface area contributed by atoms with Crippen LogP contribution in [-0.4, -0.2) is 39.5 Å². The molecule has 0 aromatic rings. The fourth-order valence-corrected chi connectivity index (χ4v) is 1.50. The summed E-state index contributed by atoms with van der Waals surface area (Å²) in [4.78, 5) is 21.2. The number of carbonyl (C=O) groups is 2. The molecule has 2 N–H and O–H groups in total. The van der Waals surface area contributed by atoms with Crippen molar-refractivity contribution in [3.05, 3.63) is 0 Å². The number of hydrogen-bond donors (Lipinski definition) is 2. The Hall–Kier alpha value is -0.528. The van der Waals surface area contributed by atoms with Crippen LogP contribution in [0.5, 0.6) is 0 Å². The SMILES string of the molecule is O=C(O)C1(C(=O)O)CCCC1.[AlH3]. The van der Waals surface area contributed by atoms with E-state index in [1.165, 1.54) is 0 Å². The van der Waals surface area contributed by atoms with Crippen molar-refractivity contribution in [1.82, 2.24) is 0 Å². The molecule has 5 heteroatoms. The molecule has 68 valence electrons. The predicted molar refractivity (Wildman–Crippen MR) is 46.1 cm³/mol. The molecule has 4 nitrogen and oxygen atoms in total. The van der Waals surface area contributed by atoms with Crippen molar-refractivity contribution in [2.45, 2.75) is 25.7 Å². The molecule has 0 atom stereocenters. The Morgan fingerprint density at radius 1 is 1.00 bits per heavy atom. The van der Waals surface area contributed by atoms with Crippen LogP contribution in [0.3, 0.4) is 0 Å². The minimum atomic E-state index is -1.47. The van der Waals surface area contributed by atoms with Crippen LogP contribution < -0.4 is 0 Å². The summed E-state index contributed by atoms with van der Waals surface area (Å²) in [5, 5.41) is 17.3. The number of aliphatic carboxylic acids is 2. The van der Waals surface area contributed by atoms with Gasteiger partial charge in [-0.2, -0.15) is 0 Å². The monoisotopic (exact) mass is 188 g/mol. The van der Waals surface area contributed by atoms with Crippen molar-refractivity contribution in [3.63, 3.8) is 0 Å². The molecule has 1 fully saturated rings. The maximum absolute atomic E-state index is 10.6. The van der Waals surface area contributed by atoms with Gasteiger partial charge in [-0.3, -0.25) is 9.59 Å². The lowest BCUT2D eigenvalue weighted by Gasteiger charge is -2.16. The van der Waals surface area contributed by atoms with Crippen LogP contribution in [0, 0.1) is 5.41 Å². The summed E-state index contributed by atoms with van der Waals surface area (Å²) >= 11 is 0. The molecule has 0 aromatic carbocycles. The van der Waals surface area contributed by atoms with Gasteiger partial charge in [0.25, 0.3) is 0 Å². The molecule has 0 bridgehead atoms. The fourth-order valence-electron chi connectivity index (χ4n) is 1.50. The summed E-state index contributed by atoms with van der Waals surface area (Å²) in [7, 11) is 0. The maximum atomic E-state index is 10.6. The first kappa shape index (κ1) is 11.5. The molecule has 0 radical (unpaired) electrons. The molecule has 1 rings (SSSR count). The van der Waals surface area contributed by atoms with E-state index in [9.17, 15) is 9.59 Å². The molecule has 0 saturated heterocycles. The van der Waals surface area contributed by atoms with Crippen LogP contribution >= 0.6 is 0 Å². The lowest BCUT2D eigenvalue weighted by molar-refractivity contribution is -0.164. The van der Waals surface area contributed by atoms with Gasteiger partial charge in [-0.05, 0) is 12.8 Å². The average molecular weight is 188 g/mol. The summed E-state index contributed by atoms with van der Waals surface area (Å²) in [6, 6.07) is 0. The fraction of sp³-hybridized carbons (Fsp3) is 0.714. The van der Waals surface area contributed by atoms with Crippen LogP contribution in [0.15, 0.2) is 0 Å². The van der Waals surface area contributed by atoms with E-state index in [1.807, 2.05) is 0 Å². The smallest absolute Gasteiger partial charge is 0.321 e. The third-order valence-electron chi connectivity index (χ3n) is 2.28. The molecule has 1 aliphatic rings. The largest absolute Gasteiger partial charge is 0.480 e. The van der Waals surface area contributed by atoms with Gasteiger partial charge in [-0.15, -0.1) is 0 Å². The zero-order valence-electron chi connectivity index (χ0n) is 6.04. The molecule has 0 unspecified atom stereocenters. The van der Waals surface area contributed by atoms with Gasteiger partial charge in [0.2, 0.25) is 0 Å². The first-order chi connectivity index (χ1) is 5.09. The van der Waals surface area contributed by atoms with Crippen molar-refractivity contribution >= 4 is 29.3 Å². The number of hydrogen-bond acceptors (Lipinski definition) is 2. The summed E-state index contributed by atoms with van der Waals surface area (Å²) < 4.78 is 0. The van der Waals surface area contributed by atoms with Crippen LogP contribution in [0.2, 0.25) is 0 Å². The number of rotatable bonds is 2. The molecule has 0 aromatic heterocycles. The van der Waals surface area contributed by atoms with E-state index in [2.05, 4.69) is 0 Å². The van der Waals surface area contributed by atoms with Gasteiger partial charge in [-0.1, -0.05) is 12.8 Å². The standard InChI is InChI=1S/C7H10O4.Al.3H/c8-5(9)7(6(10)11)3-1-2-4-7;;;;/h1-4H2,(H,8,9)(H,10,11);;;;. The molecule has 0 aliphatic heterocycles. The second-order valence-electron chi connectivity index (χ2n) is 2.90. The van der Waals surface area contributed by atoms with E-state index >= 15 is 0 Å². The highest BCUT2D eigenvalue weighted by atomic mass is 27.0. The number of carboxylic acid groups (broad SMARTS) is 2. The van der Waals surface area contributed by atoms with Gasteiger partial charge in [0.15, 0.2) is 22.8 Å². The van der Waals surface area contributed by atoms with Crippen molar-refractivity contribution < 1.29 is 19.8 Å². The summed E-state index contributed by atoms with van der Waals surface area (Å²) in [6.45, 7) is 0. The predicted octanol–water partition coefficient (Wildman–Crippen LogP) is -0.468. The van der Waals surface area contributed by atoms with E-state index in [4.69, 9.17) is 10.2 Å². The third-order valence-corrected chi connectivity index (χ3v) is 2.28. The molecule has 0 spiro atoms. The minimum Gasteiger partial charge on any atom is -0.480 e. The highest BCUT2D eigenvalue weighted by Gasteiger charge is 2.48. The Labute approximate surface area is 80.7 Å². The van der Waals surface area contributed by atoms with Crippen molar-refractivity contribution in [3.8, 4) is 0 Å². The second kappa shape index (κ2) is 3.93. The summed E-state index contributed by atoms with van der Waals surface area (Å²) in [5.74, 6) is -2.38. The van der Waals surface area contributed by atoms with Gasteiger partial charge in [-0.25, -0.2) is 0 Å². The van der Waals surface area contributed by atoms with Crippen LogP contribution in [0.1, 0.15) is 25.7 Å². The Morgan fingerprint density at radius 3 is 1.50 bits per heavy atom. The Kier molecular flexibility index (Phi) is 3.75. The van der Waals surface area contributed by atoms with Crippen molar-refractivity contribution in [2.75, 3.05) is 0 Å². The normalized spacial score (nSPS) is 19.7. The second-order valence-corrected chi connectivity index (χ2v) is 2.90. The van der Waals surface area contributed by atoms with Gasteiger partial charge in [0, 0.05) is 0 Å². The highest BCUT2D eigenvalue weighted by molar-refractivity contribution is 5.98. The van der Waals surface area contributed by atoms with E-state index in [0.717, 1.165) is 0 Å². The Balaban J connectivity index is 0.00000121. The lowest BCUT2D eigenvalue weighted by atomic mass is 9.87. The van der Waals surface area contributed by atoms with Crippen LogP contribution in [0.25, 0.3) is 0 Å². The van der Waals surface area contributed by atoms with Crippen molar-refractivity contribution in [1.29, 1.82) is 0 Å². The topological polar surface area (TPSA) is 74.6 Å². The quantitative estimate of drug-likeness (QED) is 0.454. The van der Waals surface area contributed by atoms with E-state index in [0.29, 0.717) is 12.8 Å². The molecular formula is C7H13AlO4. The molecule has 0 heterocycles. The summed E-state index contributed by atoms with van der Waals surface area (Å²) in [6.07, 6.45) is 1.96.